The number of benzene rings is 1. The molecule has 25 heavy (non-hydrogen) atoms. The summed E-state index contributed by atoms with van der Waals surface area (Å²) in [6.45, 7) is 2.74. The number of amides is 1. The fourth-order valence-corrected chi connectivity index (χ4v) is 1.84. The molecule has 8 heteroatoms. The molecule has 0 aliphatic heterocycles. The molecule has 1 atom stereocenters. The van der Waals surface area contributed by atoms with Crippen molar-refractivity contribution < 1.29 is 28.9 Å². The standard InChI is InChI=1S/C17H26N2O6/c1-3-23-17(22)8-9-19-10-13(20)11-24-14-6-4-5-7-15(14)25-12-16(21)18-2/h4-7,13,19-20H,3,8-12H2,1-2H3,(H,18,21). The van der Waals surface area contributed by atoms with E-state index in [1.54, 1.807) is 31.2 Å². The zero-order valence-corrected chi connectivity index (χ0v) is 14.6. The molecule has 8 nitrogen and oxygen atoms in total. The summed E-state index contributed by atoms with van der Waals surface area (Å²) < 4.78 is 15.7. The van der Waals surface area contributed by atoms with Crippen molar-refractivity contribution in [1.82, 2.24) is 10.6 Å². The van der Waals surface area contributed by atoms with Crippen LogP contribution in [0.1, 0.15) is 13.3 Å². The maximum atomic E-state index is 11.2. The molecule has 0 aliphatic carbocycles. The van der Waals surface area contributed by atoms with Gasteiger partial charge in [0.2, 0.25) is 0 Å². The van der Waals surface area contributed by atoms with Gasteiger partial charge in [0.15, 0.2) is 18.1 Å². The third-order valence-corrected chi connectivity index (χ3v) is 3.11. The van der Waals surface area contributed by atoms with Crippen molar-refractivity contribution in [1.29, 1.82) is 0 Å². The lowest BCUT2D eigenvalue weighted by atomic mass is 10.3. The summed E-state index contributed by atoms with van der Waals surface area (Å²) in [5.41, 5.74) is 0. The van der Waals surface area contributed by atoms with Crippen LogP contribution in [-0.4, -0.2) is 63.0 Å². The molecule has 0 saturated carbocycles. The first-order valence-corrected chi connectivity index (χ1v) is 8.16. The smallest absolute Gasteiger partial charge is 0.307 e. The van der Waals surface area contributed by atoms with E-state index in [0.29, 0.717) is 24.7 Å². The molecule has 0 radical (unpaired) electrons. The van der Waals surface area contributed by atoms with Gasteiger partial charge in [0.05, 0.1) is 13.0 Å². The topological polar surface area (TPSA) is 106 Å². The number of rotatable bonds is 12. The Bertz CT molecular complexity index is 538. The van der Waals surface area contributed by atoms with Gasteiger partial charge in [-0.15, -0.1) is 0 Å². The summed E-state index contributed by atoms with van der Waals surface area (Å²) in [6, 6.07) is 6.91. The lowest BCUT2D eigenvalue weighted by Crippen LogP contribution is -2.32. The van der Waals surface area contributed by atoms with Gasteiger partial charge in [-0.3, -0.25) is 9.59 Å². The van der Waals surface area contributed by atoms with Crippen LogP contribution in [0.3, 0.4) is 0 Å². The fraction of sp³-hybridized carbons (Fsp3) is 0.529. The van der Waals surface area contributed by atoms with E-state index in [2.05, 4.69) is 10.6 Å². The van der Waals surface area contributed by atoms with Gasteiger partial charge in [0, 0.05) is 20.1 Å². The monoisotopic (exact) mass is 354 g/mol. The molecule has 0 fully saturated rings. The Morgan fingerprint density at radius 3 is 2.52 bits per heavy atom. The highest BCUT2D eigenvalue weighted by atomic mass is 16.5. The second-order valence-corrected chi connectivity index (χ2v) is 5.13. The maximum absolute atomic E-state index is 11.2. The van der Waals surface area contributed by atoms with Gasteiger partial charge in [-0.1, -0.05) is 12.1 Å². The van der Waals surface area contributed by atoms with Gasteiger partial charge in [-0.2, -0.15) is 0 Å². The lowest BCUT2D eigenvalue weighted by molar-refractivity contribution is -0.143. The number of carbonyl (C=O) groups excluding carboxylic acids is 2. The van der Waals surface area contributed by atoms with Crippen molar-refractivity contribution in [2.45, 2.75) is 19.4 Å². The van der Waals surface area contributed by atoms with Crippen LogP contribution in [0.25, 0.3) is 0 Å². The fourth-order valence-electron chi connectivity index (χ4n) is 1.84. The van der Waals surface area contributed by atoms with Crippen LogP contribution in [0, 0.1) is 0 Å². The number of para-hydroxylation sites is 2. The van der Waals surface area contributed by atoms with E-state index in [9.17, 15) is 14.7 Å². The van der Waals surface area contributed by atoms with Crippen molar-refractivity contribution in [3.63, 3.8) is 0 Å². The first-order chi connectivity index (χ1) is 12.1. The quantitative estimate of drug-likeness (QED) is 0.361. The van der Waals surface area contributed by atoms with E-state index >= 15 is 0 Å². The summed E-state index contributed by atoms with van der Waals surface area (Å²) in [4.78, 5) is 22.4. The normalized spacial score (nSPS) is 11.5. The first kappa shape index (κ1) is 20.7. The number of esters is 1. The number of hydrogen-bond acceptors (Lipinski definition) is 7. The van der Waals surface area contributed by atoms with Gasteiger partial charge in [-0.05, 0) is 19.1 Å². The van der Waals surface area contributed by atoms with Gasteiger partial charge in [0.25, 0.3) is 5.91 Å². The Kier molecular flexibility index (Phi) is 10.0. The number of hydrogen-bond donors (Lipinski definition) is 3. The van der Waals surface area contributed by atoms with Crippen molar-refractivity contribution in [2.75, 3.05) is 40.0 Å². The largest absolute Gasteiger partial charge is 0.487 e. The average molecular weight is 354 g/mol. The second-order valence-electron chi connectivity index (χ2n) is 5.13. The third kappa shape index (κ3) is 8.92. The molecule has 1 aromatic rings. The molecule has 0 spiro atoms. The number of aliphatic hydroxyl groups is 1. The molecule has 1 amide bonds. The lowest BCUT2D eigenvalue weighted by Gasteiger charge is -2.15. The molecule has 1 aromatic carbocycles. The second kappa shape index (κ2) is 12.1. The molecular formula is C17H26N2O6. The molecule has 0 heterocycles. The van der Waals surface area contributed by atoms with Crippen molar-refractivity contribution in [3.8, 4) is 11.5 Å². The van der Waals surface area contributed by atoms with E-state index in [1.165, 1.54) is 7.05 Å². The van der Waals surface area contributed by atoms with E-state index in [0.717, 1.165) is 0 Å². The molecule has 0 bridgehead atoms. The Morgan fingerprint density at radius 2 is 1.88 bits per heavy atom. The Labute approximate surface area is 147 Å². The van der Waals surface area contributed by atoms with Gasteiger partial charge < -0.3 is 30.0 Å². The number of ether oxygens (including phenoxy) is 3. The third-order valence-electron chi connectivity index (χ3n) is 3.11. The van der Waals surface area contributed by atoms with Crippen LogP contribution in [0.2, 0.25) is 0 Å². The summed E-state index contributed by atoms with van der Waals surface area (Å²) in [7, 11) is 1.53. The van der Waals surface area contributed by atoms with Crippen LogP contribution < -0.4 is 20.1 Å². The van der Waals surface area contributed by atoms with Gasteiger partial charge in [-0.25, -0.2) is 0 Å². The average Bonchev–Trinajstić information content (AvgIpc) is 2.62. The molecule has 1 rings (SSSR count). The molecular weight excluding hydrogens is 328 g/mol. The Morgan fingerprint density at radius 1 is 1.20 bits per heavy atom. The number of carbonyl (C=O) groups is 2. The van der Waals surface area contributed by atoms with Crippen LogP contribution in [0.15, 0.2) is 24.3 Å². The van der Waals surface area contributed by atoms with Gasteiger partial charge >= 0.3 is 5.97 Å². The number of nitrogens with one attached hydrogen (secondary N) is 2. The maximum Gasteiger partial charge on any atom is 0.307 e. The summed E-state index contributed by atoms with van der Waals surface area (Å²) >= 11 is 0. The molecule has 1 unspecified atom stereocenters. The number of aliphatic hydroxyl groups excluding tert-OH is 1. The zero-order valence-electron chi connectivity index (χ0n) is 14.6. The molecule has 0 aliphatic rings. The minimum absolute atomic E-state index is 0.0484. The summed E-state index contributed by atoms with van der Waals surface area (Å²) in [5.74, 6) is 0.342. The van der Waals surface area contributed by atoms with Crippen LogP contribution >= 0.6 is 0 Å². The number of likely N-dealkylation sites (N-methyl/N-ethyl adjacent to an activating group) is 1. The highest BCUT2D eigenvalue weighted by Gasteiger charge is 2.10. The minimum Gasteiger partial charge on any atom is -0.487 e. The SMILES string of the molecule is CCOC(=O)CCNCC(O)COc1ccccc1OCC(=O)NC. The van der Waals surface area contributed by atoms with Crippen LogP contribution in [0.4, 0.5) is 0 Å². The van der Waals surface area contributed by atoms with Gasteiger partial charge in [0.1, 0.15) is 12.7 Å². The predicted molar refractivity (Wildman–Crippen MR) is 91.6 cm³/mol. The Hall–Kier alpha value is -2.32. The Balaban J connectivity index is 2.32. The van der Waals surface area contributed by atoms with E-state index < -0.39 is 6.10 Å². The van der Waals surface area contributed by atoms with Crippen molar-refractivity contribution >= 4 is 11.9 Å². The first-order valence-electron chi connectivity index (χ1n) is 8.16. The predicted octanol–water partition coefficient (Wildman–Crippen LogP) is 0.0939. The van der Waals surface area contributed by atoms with E-state index in [1.807, 2.05) is 0 Å². The summed E-state index contributed by atoms with van der Waals surface area (Å²) in [5, 5.41) is 15.3. The van der Waals surface area contributed by atoms with E-state index in [-0.39, 0.29) is 38.1 Å². The minimum atomic E-state index is -0.755. The molecule has 140 valence electrons. The van der Waals surface area contributed by atoms with Crippen LogP contribution in [-0.2, 0) is 14.3 Å². The molecule has 0 saturated heterocycles. The molecule has 0 aromatic heterocycles. The highest BCUT2D eigenvalue weighted by molar-refractivity contribution is 5.77. The molecule has 3 N–H and O–H groups in total. The van der Waals surface area contributed by atoms with Crippen molar-refractivity contribution in [3.05, 3.63) is 24.3 Å². The van der Waals surface area contributed by atoms with Crippen molar-refractivity contribution in [2.24, 2.45) is 0 Å². The summed E-state index contributed by atoms with van der Waals surface area (Å²) in [6.07, 6.45) is -0.508. The van der Waals surface area contributed by atoms with Crippen LogP contribution in [0.5, 0.6) is 11.5 Å². The van der Waals surface area contributed by atoms with E-state index in [4.69, 9.17) is 14.2 Å². The zero-order chi connectivity index (χ0) is 18.5. The highest BCUT2D eigenvalue weighted by Crippen LogP contribution is 2.26.